The summed E-state index contributed by atoms with van der Waals surface area (Å²) in [5.74, 6) is -1.79. The minimum atomic E-state index is -2.05. The van der Waals surface area contributed by atoms with Crippen molar-refractivity contribution in [3.05, 3.63) is 32.9 Å². The number of amides is 1. The smallest absolute Gasteiger partial charge is 0.409 e. The van der Waals surface area contributed by atoms with Gasteiger partial charge in [0, 0.05) is 9.99 Å². The number of alkyl carbamates (subject to hydrolysis) is 1. The van der Waals surface area contributed by atoms with Crippen LogP contribution in [0.4, 0.5) is 4.79 Å². The SMILES string of the molecule is CCOC(=O)C(Cc1ccc(C)c(I)c1)(NC(=O)OC(C)(C)C)C(=O)OCC. The number of esters is 2. The predicted molar refractivity (Wildman–Crippen MR) is 113 cm³/mol. The highest BCUT2D eigenvalue weighted by molar-refractivity contribution is 14.1. The second kappa shape index (κ2) is 10.1. The van der Waals surface area contributed by atoms with Crippen molar-refractivity contribution in [1.29, 1.82) is 0 Å². The number of benzene rings is 1. The Morgan fingerprint density at radius 3 is 2.00 bits per heavy atom. The van der Waals surface area contributed by atoms with E-state index in [2.05, 4.69) is 27.9 Å². The van der Waals surface area contributed by atoms with Crippen molar-refractivity contribution in [3.8, 4) is 0 Å². The van der Waals surface area contributed by atoms with Crippen molar-refractivity contribution in [2.24, 2.45) is 0 Å². The van der Waals surface area contributed by atoms with E-state index in [9.17, 15) is 14.4 Å². The molecule has 0 saturated carbocycles. The topological polar surface area (TPSA) is 90.9 Å². The molecule has 8 heteroatoms. The first-order valence-electron chi connectivity index (χ1n) is 9.05. The summed E-state index contributed by atoms with van der Waals surface area (Å²) in [4.78, 5) is 38.1. The minimum absolute atomic E-state index is 0.0431. The Labute approximate surface area is 179 Å². The standard InChI is InChI=1S/C20H28INO6/c1-7-26-16(23)20(17(24)27-8-2,22-18(25)28-19(4,5)6)12-14-10-9-13(3)15(21)11-14/h9-11H,7-8,12H2,1-6H3,(H,22,25). The molecule has 1 aromatic rings. The zero-order valence-electron chi connectivity index (χ0n) is 17.2. The van der Waals surface area contributed by atoms with Crippen molar-refractivity contribution < 1.29 is 28.6 Å². The molecule has 0 saturated heterocycles. The summed E-state index contributed by atoms with van der Waals surface area (Å²) in [5.41, 5.74) is -1.13. The van der Waals surface area contributed by atoms with Crippen LogP contribution in [0.5, 0.6) is 0 Å². The molecule has 28 heavy (non-hydrogen) atoms. The molecule has 0 aliphatic heterocycles. The number of ether oxygens (including phenoxy) is 3. The van der Waals surface area contributed by atoms with E-state index >= 15 is 0 Å². The first kappa shape index (κ1) is 24.2. The molecule has 7 nitrogen and oxygen atoms in total. The van der Waals surface area contributed by atoms with Crippen LogP contribution in [0, 0.1) is 10.5 Å². The third-order valence-electron chi connectivity index (χ3n) is 3.67. The van der Waals surface area contributed by atoms with Crippen molar-refractivity contribution in [3.63, 3.8) is 0 Å². The van der Waals surface area contributed by atoms with Gasteiger partial charge in [-0.05, 0) is 81.3 Å². The summed E-state index contributed by atoms with van der Waals surface area (Å²) in [6, 6.07) is 5.52. The van der Waals surface area contributed by atoms with Crippen LogP contribution in [-0.4, -0.2) is 42.4 Å². The van der Waals surface area contributed by atoms with Gasteiger partial charge in [0.05, 0.1) is 13.2 Å². The van der Waals surface area contributed by atoms with Gasteiger partial charge in [-0.25, -0.2) is 14.4 Å². The number of carbonyl (C=O) groups excluding carboxylic acids is 3. The van der Waals surface area contributed by atoms with Crippen LogP contribution >= 0.6 is 22.6 Å². The van der Waals surface area contributed by atoms with Gasteiger partial charge >= 0.3 is 18.0 Å². The van der Waals surface area contributed by atoms with Crippen molar-refractivity contribution >= 4 is 40.6 Å². The first-order chi connectivity index (χ1) is 12.9. The Hall–Kier alpha value is -1.84. The Morgan fingerprint density at radius 1 is 1.04 bits per heavy atom. The molecule has 0 bridgehead atoms. The Kier molecular flexibility index (Phi) is 8.72. The van der Waals surface area contributed by atoms with Gasteiger partial charge in [-0.1, -0.05) is 12.1 Å². The lowest BCUT2D eigenvalue weighted by Crippen LogP contribution is -2.63. The fourth-order valence-corrected chi connectivity index (χ4v) is 2.99. The molecule has 0 aliphatic carbocycles. The van der Waals surface area contributed by atoms with E-state index in [1.54, 1.807) is 40.7 Å². The van der Waals surface area contributed by atoms with Gasteiger partial charge in [-0.15, -0.1) is 0 Å². The van der Waals surface area contributed by atoms with Crippen LogP contribution in [-0.2, 0) is 30.2 Å². The lowest BCUT2D eigenvalue weighted by atomic mass is 9.90. The third kappa shape index (κ3) is 6.65. The van der Waals surface area contributed by atoms with Gasteiger partial charge in [0.2, 0.25) is 5.54 Å². The molecular formula is C20H28INO6. The third-order valence-corrected chi connectivity index (χ3v) is 4.83. The summed E-state index contributed by atoms with van der Waals surface area (Å²) < 4.78 is 16.5. The van der Waals surface area contributed by atoms with E-state index < -0.39 is 29.2 Å². The van der Waals surface area contributed by atoms with Gasteiger partial charge in [0.25, 0.3) is 0 Å². The van der Waals surface area contributed by atoms with E-state index in [1.165, 1.54) is 0 Å². The van der Waals surface area contributed by atoms with E-state index in [-0.39, 0.29) is 19.6 Å². The van der Waals surface area contributed by atoms with Gasteiger partial charge in [-0.2, -0.15) is 0 Å². The molecule has 0 aromatic heterocycles. The Balaban J connectivity index is 3.40. The largest absolute Gasteiger partial charge is 0.464 e. The van der Waals surface area contributed by atoms with Crippen molar-refractivity contribution in [2.75, 3.05) is 13.2 Å². The summed E-state index contributed by atoms with van der Waals surface area (Å²) in [6.07, 6.45) is -1.03. The van der Waals surface area contributed by atoms with E-state index in [0.717, 1.165) is 9.13 Å². The summed E-state index contributed by atoms with van der Waals surface area (Å²) in [7, 11) is 0. The number of hydrogen-bond acceptors (Lipinski definition) is 6. The van der Waals surface area contributed by atoms with Gasteiger partial charge in [0.15, 0.2) is 0 Å². The number of halogens is 1. The van der Waals surface area contributed by atoms with E-state index in [1.807, 2.05) is 19.1 Å². The summed E-state index contributed by atoms with van der Waals surface area (Å²) in [5, 5.41) is 2.43. The fourth-order valence-electron chi connectivity index (χ4n) is 2.41. The predicted octanol–water partition coefficient (Wildman–Crippen LogP) is 3.53. The molecule has 1 rings (SSSR count). The maximum absolute atomic E-state index is 12.8. The maximum atomic E-state index is 12.8. The van der Waals surface area contributed by atoms with Gasteiger partial charge in [-0.3, -0.25) is 5.32 Å². The quantitative estimate of drug-likeness (QED) is 0.264. The van der Waals surface area contributed by atoms with Crippen LogP contribution in [0.3, 0.4) is 0 Å². The Morgan fingerprint density at radius 2 is 1.57 bits per heavy atom. The van der Waals surface area contributed by atoms with Crippen LogP contribution in [0.1, 0.15) is 45.7 Å². The highest BCUT2D eigenvalue weighted by atomic mass is 127. The lowest BCUT2D eigenvalue weighted by molar-refractivity contribution is -0.166. The number of hydrogen-bond donors (Lipinski definition) is 1. The highest BCUT2D eigenvalue weighted by Gasteiger charge is 2.51. The van der Waals surface area contributed by atoms with Gasteiger partial charge < -0.3 is 14.2 Å². The number of aryl methyl sites for hydroxylation is 1. The highest BCUT2D eigenvalue weighted by Crippen LogP contribution is 2.22. The normalized spacial score (nSPS) is 11.5. The van der Waals surface area contributed by atoms with Crippen LogP contribution in [0.15, 0.2) is 18.2 Å². The molecule has 1 aromatic carbocycles. The average molecular weight is 505 g/mol. The molecule has 0 aliphatic rings. The molecule has 0 heterocycles. The van der Waals surface area contributed by atoms with Crippen molar-refractivity contribution in [1.82, 2.24) is 5.32 Å². The second-order valence-electron chi connectivity index (χ2n) is 7.23. The molecule has 1 amide bonds. The minimum Gasteiger partial charge on any atom is -0.464 e. The summed E-state index contributed by atoms with van der Waals surface area (Å²) in [6.45, 7) is 10.3. The number of nitrogens with one attached hydrogen (secondary N) is 1. The molecule has 1 N–H and O–H groups in total. The van der Waals surface area contributed by atoms with Gasteiger partial charge in [0.1, 0.15) is 5.60 Å². The number of carbonyl (C=O) groups is 3. The zero-order chi connectivity index (χ0) is 21.5. The zero-order valence-corrected chi connectivity index (χ0v) is 19.3. The van der Waals surface area contributed by atoms with Crippen LogP contribution in [0.2, 0.25) is 0 Å². The van der Waals surface area contributed by atoms with E-state index in [0.29, 0.717) is 5.56 Å². The molecule has 0 atom stereocenters. The second-order valence-corrected chi connectivity index (χ2v) is 8.40. The van der Waals surface area contributed by atoms with Crippen molar-refractivity contribution in [2.45, 2.75) is 59.1 Å². The lowest BCUT2D eigenvalue weighted by Gasteiger charge is -2.31. The molecule has 0 spiro atoms. The van der Waals surface area contributed by atoms with Crippen LogP contribution in [0.25, 0.3) is 0 Å². The molecule has 0 radical (unpaired) electrons. The Bertz CT molecular complexity index is 708. The maximum Gasteiger partial charge on any atom is 0.409 e. The van der Waals surface area contributed by atoms with Crippen LogP contribution < -0.4 is 5.32 Å². The first-order valence-corrected chi connectivity index (χ1v) is 10.1. The summed E-state index contributed by atoms with van der Waals surface area (Å²) >= 11 is 2.17. The molecule has 0 fully saturated rings. The fraction of sp³-hybridized carbons (Fsp3) is 0.550. The molecular weight excluding hydrogens is 477 g/mol. The number of rotatable bonds is 7. The monoisotopic (exact) mass is 505 g/mol. The molecule has 156 valence electrons. The molecule has 0 unspecified atom stereocenters. The van der Waals surface area contributed by atoms with E-state index in [4.69, 9.17) is 14.2 Å². The average Bonchev–Trinajstić information content (AvgIpc) is 2.56.